The van der Waals surface area contributed by atoms with Crippen LogP contribution < -0.4 is 4.90 Å². The molecule has 1 aliphatic heterocycles. The van der Waals surface area contributed by atoms with E-state index >= 15 is 0 Å². The van der Waals surface area contributed by atoms with Crippen LogP contribution in [0, 0.1) is 0 Å². The van der Waals surface area contributed by atoms with E-state index in [0.29, 0.717) is 0 Å². The van der Waals surface area contributed by atoms with Crippen LogP contribution in [0.3, 0.4) is 0 Å². The van der Waals surface area contributed by atoms with Gasteiger partial charge in [-0.25, -0.2) is 4.79 Å². The SMILES string of the molecule is COC(=O)c1ccc(N2C[C@H](C)O[C@@H](C)C2)nn1. The molecule has 0 saturated carbocycles. The van der Waals surface area contributed by atoms with Crippen molar-refractivity contribution < 1.29 is 14.3 Å². The smallest absolute Gasteiger partial charge is 0.358 e. The van der Waals surface area contributed by atoms with Crippen molar-refractivity contribution in [1.29, 1.82) is 0 Å². The molecule has 0 aliphatic carbocycles. The van der Waals surface area contributed by atoms with Crippen LogP contribution in [0.5, 0.6) is 0 Å². The number of morpholine rings is 1. The van der Waals surface area contributed by atoms with Crippen molar-refractivity contribution in [3.05, 3.63) is 17.8 Å². The van der Waals surface area contributed by atoms with Gasteiger partial charge in [0.2, 0.25) is 0 Å². The molecule has 2 rings (SSSR count). The maximum absolute atomic E-state index is 11.2. The van der Waals surface area contributed by atoms with Crippen LogP contribution in [0.1, 0.15) is 24.3 Å². The first-order chi connectivity index (χ1) is 8.60. The molecule has 1 aromatic rings. The van der Waals surface area contributed by atoms with Gasteiger partial charge in [-0.05, 0) is 26.0 Å². The summed E-state index contributed by atoms with van der Waals surface area (Å²) in [6, 6.07) is 3.41. The van der Waals surface area contributed by atoms with Crippen molar-refractivity contribution in [1.82, 2.24) is 10.2 Å². The molecule has 0 aromatic carbocycles. The van der Waals surface area contributed by atoms with Gasteiger partial charge in [-0.2, -0.15) is 0 Å². The summed E-state index contributed by atoms with van der Waals surface area (Å²) < 4.78 is 10.2. The van der Waals surface area contributed by atoms with Crippen molar-refractivity contribution in [3.63, 3.8) is 0 Å². The molecule has 1 fully saturated rings. The maximum atomic E-state index is 11.2. The van der Waals surface area contributed by atoms with Gasteiger partial charge in [-0.3, -0.25) is 0 Å². The van der Waals surface area contributed by atoms with Gasteiger partial charge in [0.25, 0.3) is 0 Å². The highest BCUT2D eigenvalue weighted by Crippen LogP contribution is 2.17. The lowest BCUT2D eigenvalue weighted by atomic mass is 10.2. The van der Waals surface area contributed by atoms with Crippen LogP contribution in [0.25, 0.3) is 0 Å². The Kier molecular flexibility index (Phi) is 3.76. The predicted molar refractivity (Wildman–Crippen MR) is 65.6 cm³/mol. The fourth-order valence-corrected chi connectivity index (χ4v) is 2.07. The molecule has 0 unspecified atom stereocenters. The fourth-order valence-electron chi connectivity index (χ4n) is 2.07. The van der Waals surface area contributed by atoms with Crippen LogP contribution in [-0.2, 0) is 9.47 Å². The minimum atomic E-state index is -0.474. The summed E-state index contributed by atoms with van der Waals surface area (Å²) in [6.45, 7) is 5.60. The minimum absolute atomic E-state index is 0.163. The second-order valence-electron chi connectivity index (χ2n) is 4.43. The van der Waals surface area contributed by atoms with E-state index < -0.39 is 5.97 Å². The van der Waals surface area contributed by atoms with Crippen molar-refractivity contribution in [2.45, 2.75) is 26.1 Å². The highest BCUT2D eigenvalue weighted by atomic mass is 16.5. The Morgan fingerprint density at radius 3 is 2.50 bits per heavy atom. The molecule has 1 aliphatic rings. The largest absolute Gasteiger partial charge is 0.464 e. The molecule has 0 bridgehead atoms. The third-order valence-corrected chi connectivity index (χ3v) is 2.79. The second kappa shape index (κ2) is 5.30. The zero-order valence-electron chi connectivity index (χ0n) is 10.8. The number of methoxy groups -OCH3 is 1. The van der Waals surface area contributed by atoms with E-state index in [4.69, 9.17) is 4.74 Å². The summed E-state index contributed by atoms with van der Waals surface area (Å²) in [7, 11) is 1.32. The maximum Gasteiger partial charge on any atom is 0.358 e. The van der Waals surface area contributed by atoms with E-state index in [9.17, 15) is 4.79 Å². The molecule has 0 radical (unpaired) electrons. The van der Waals surface area contributed by atoms with Gasteiger partial charge in [0, 0.05) is 13.1 Å². The van der Waals surface area contributed by atoms with Crippen molar-refractivity contribution >= 4 is 11.8 Å². The average molecular weight is 251 g/mol. The molecule has 18 heavy (non-hydrogen) atoms. The van der Waals surface area contributed by atoms with Gasteiger partial charge in [0.05, 0.1) is 19.3 Å². The Hall–Kier alpha value is -1.69. The number of nitrogens with zero attached hydrogens (tertiary/aromatic N) is 3. The molecule has 6 heteroatoms. The lowest BCUT2D eigenvalue weighted by molar-refractivity contribution is -0.00552. The molecule has 0 N–H and O–H groups in total. The number of aromatic nitrogens is 2. The van der Waals surface area contributed by atoms with Gasteiger partial charge in [-0.1, -0.05) is 0 Å². The summed E-state index contributed by atoms with van der Waals surface area (Å²) in [5.41, 5.74) is 0.218. The van der Waals surface area contributed by atoms with Gasteiger partial charge in [0.1, 0.15) is 0 Å². The molecule has 0 spiro atoms. The van der Waals surface area contributed by atoms with Gasteiger partial charge < -0.3 is 14.4 Å². The summed E-state index contributed by atoms with van der Waals surface area (Å²) >= 11 is 0. The van der Waals surface area contributed by atoms with Crippen LogP contribution in [0.15, 0.2) is 12.1 Å². The summed E-state index contributed by atoms with van der Waals surface area (Å²) in [4.78, 5) is 13.4. The Labute approximate surface area is 106 Å². The molecule has 6 nitrogen and oxygen atoms in total. The third kappa shape index (κ3) is 2.76. The molecule has 2 heterocycles. The lowest BCUT2D eigenvalue weighted by Gasteiger charge is -2.35. The predicted octanol–water partition coefficient (Wildman–Crippen LogP) is 0.877. The highest BCUT2D eigenvalue weighted by Gasteiger charge is 2.23. The zero-order valence-corrected chi connectivity index (χ0v) is 10.8. The lowest BCUT2D eigenvalue weighted by Crippen LogP contribution is -2.45. The monoisotopic (exact) mass is 251 g/mol. The number of hydrogen-bond acceptors (Lipinski definition) is 6. The molecule has 98 valence electrons. The molecule has 2 atom stereocenters. The van der Waals surface area contributed by atoms with E-state index in [0.717, 1.165) is 18.9 Å². The first-order valence-corrected chi connectivity index (χ1v) is 5.92. The van der Waals surface area contributed by atoms with Crippen LogP contribution in [0.2, 0.25) is 0 Å². The quantitative estimate of drug-likeness (QED) is 0.727. The molecular formula is C12H17N3O3. The summed E-state index contributed by atoms with van der Waals surface area (Å²) in [5, 5.41) is 7.93. The van der Waals surface area contributed by atoms with Crippen molar-refractivity contribution in [2.75, 3.05) is 25.1 Å². The minimum Gasteiger partial charge on any atom is -0.464 e. The van der Waals surface area contributed by atoms with Crippen LogP contribution in [-0.4, -0.2) is 48.6 Å². The third-order valence-electron chi connectivity index (χ3n) is 2.79. The first-order valence-electron chi connectivity index (χ1n) is 5.92. The number of anilines is 1. The van der Waals surface area contributed by atoms with E-state index in [-0.39, 0.29) is 17.9 Å². The molecular weight excluding hydrogens is 234 g/mol. The first kappa shape index (κ1) is 12.8. The zero-order chi connectivity index (χ0) is 13.1. The Balaban J connectivity index is 2.11. The molecule has 1 saturated heterocycles. The van der Waals surface area contributed by atoms with Crippen LogP contribution in [0.4, 0.5) is 5.82 Å². The van der Waals surface area contributed by atoms with Crippen molar-refractivity contribution in [3.8, 4) is 0 Å². The Morgan fingerprint density at radius 1 is 1.33 bits per heavy atom. The number of rotatable bonds is 2. The van der Waals surface area contributed by atoms with E-state index in [1.165, 1.54) is 7.11 Å². The van der Waals surface area contributed by atoms with Crippen LogP contribution >= 0.6 is 0 Å². The standard InChI is InChI=1S/C12H17N3O3/c1-8-6-15(7-9(2)18-8)11-5-4-10(13-14-11)12(16)17-3/h4-5,8-9H,6-7H2,1-3H3/t8-,9-/m0/s1. The number of ether oxygens (including phenoxy) is 2. The molecule has 0 amide bonds. The average Bonchev–Trinajstić information content (AvgIpc) is 2.37. The van der Waals surface area contributed by atoms with E-state index in [1.54, 1.807) is 12.1 Å². The van der Waals surface area contributed by atoms with E-state index in [2.05, 4.69) is 19.8 Å². The normalized spacial score (nSPS) is 23.8. The highest BCUT2D eigenvalue weighted by molar-refractivity contribution is 5.86. The van der Waals surface area contributed by atoms with Gasteiger partial charge >= 0.3 is 5.97 Å². The van der Waals surface area contributed by atoms with Crippen molar-refractivity contribution in [2.24, 2.45) is 0 Å². The van der Waals surface area contributed by atoms with Gasteiger partial charge in [-0.15, -0.1) is 10.2 Å². The van der Waals surface area contributed by atoms with E-state index in [1.807, 2.05) is 13.8 Å². The molecule has 1 aromatic heterocycles. The summed E-state index contributed by atoms with van der Waals surface area (Å²) in [5.74, 6) is 0.280. The number of hydrogen-bond donors (Lipinski definition) is 0. The topological polar surface area (TPSA) is 64.5 Å². The fraction of sp³-hybridized carbons (Fsp3) is 0.583. The number of carbonyl (C=O) groups excluding carboxylic acids is 1. The number of esters is 1. The second-order valence-corrected chi connectivity index (χ2v) is 4.43. The summed E-state index contributed by atoms with van der Waals surface area (Å²) in [6.07, 6.45) is 0.326. The Morgan fingerprint density at radius 2 is 2.00 bits per heavy atom. The number of carbonyl (C=O) groups is 1. The van der Waals surface area contributed by atoms with Gasteiger partial charge in [0.15, 0.2) is 11.5 Å². The Bertz CT molecular complexity index is 411.